The molecule has 3 rings (SSSR count). The van der Waals surface area contributed by atoms with Crippen molar-refractivity contribution in [2.24, 2.45) is 0 Å². The first kappa shape index (κ1) is 9.16. The molecule has 1 aliphatic rings. The molecule has 0 bridgehead atoms. The maximum absolute atomic E-state index is 12.0. The van der Waals surface area contributed by atoms with Crippen molar-refractivity contribution in [2.75, 3.05) is 0 Å². The van der Waals surface area contributed by atoms with Crippen LogP contribution in [0.5, 0.6) is 0 Å². The molecular formula is C14H11NO. The highest BCUT2D eigenvalue weighted by Crippen LogP contribution is 2.27. The lowest BCUT2D eigenvalue weighted by molar-refractivity contribution is 0.104. The van der Waals surface area contributed by atoms with Crippen LogP contribution in [-0.4, -0.2) is 10.8 Å². The van der Waals surface area contributed by atoms with Crippen molar-refractivity contribution in [3.8, 4) is 0 Å². The molecule has 78 valence electrons. The molecule has 2 nitrogen and oxygen atoms in total. The van der Waals surface area contributed by atoms with Gasteiger partial charge in [0.15, 0.2) is 5.78 Å². The molecule has 0 saturated carbocycles. The Hall–Kier alpha value is -2.09. The van der Waals surface area contributed by atoms with Gasteiger partial charge in [-0.2, -0.15) is 0 Å². The van der Waals surface area contributed by atoms with Gasteiger partial charge in [0.25, 0.3) is 0 Å². The minimum atomic E-state index is 0.158. The summed E-state index contributed by atoms with van der Waals surface area (Å²) in [5.74, 6) is 0.158. The predicted octanol–water partition coefficient (Wildman–Crippen LogP) is 2.84. The summed E-state index contributed by atoms with van der Waals surface area (Å²) in [7, 11) is 0. The highest BCUT2D eigenvalue weighted by molar-refractivity contribution is 6.15. The van der Waals surface area contributed by atoms with E-state index in [9.17, 15) is 4.79 Å². The summed E-state index contributed by atoms with van der Waals surface area (Å²) in [4.78, 5) is 15.1. The fourth-order valence-electron chi connectivity index (χ4n) is 2.09. The number of H-pyrrole nitrogens is 1. The van der Waals surface area contributed by atoms with Crippen molar-refractivity contribution in [1.29, 1.82) is 0 Å². The van der Waals surface area contributed by atoms with Gasteiger partial charge in [0.1, 0.15) is 0 Å². The van der Waals surface area contributed by atoms with Gasteiger partial charge in [-0.1, -0.05) is 24.3 Å². The Labute approximate surface area is 93.6 Å². The Bertz CT molecular complexity index is 564. The topological polar surface area (TPSA) is 32.9 Å². The summed E-state index contributed by atoms with van der Waals surface area (Å²) in [5, 5.41) is 0. The maximum atomic E-state index is 12.0. The van der Waals surface area contributed by atoms with E-state index in [4.69, 9.17) is 0 Å². The standard InChI is InChI=1S/C14H11NO/c16-14-11(9-12-5-3-7-15-12)8-10-4-1-2-6-13(10)14/h1-7,9,15H,8H2/b11-9+. The normalized spacial score (nSPS) is 16.8. The van der Waals surface area contributed by atoms with Gasteiger partial charge in [-0.15, -0.1) is 0 Å². The molecule has 0 saturated heterocycles. The van der Waals surface area contributed by atoms with E-state index < -0.39 is 0 Å². The Balaban J connectivity index is 2.02. The third-order valence-corrected chi connectivity index (χ3v) is 2.89. The van der Waals surface area contributed by atoms with Gasteiger partial charge in [-0.05, 0) is 23.8 Å². The first-order valence-electron chi connectivity index (χ1n) is 5.31. The molecule has 1 heterocycles. The zero-order valence-electron chi connectivity index (χ0n) is 8.73. The molecular weight excluding hydrogens is 198 g/mol. The average molecular weight is 209 g/mol. The number of carbonyl (C=O) groups excluding carboxylic acids is 1. The number of rotatable bonds is 1. The second kappa shape index (κ2) is 3.49. The number of hydrogen-bond acceptors (Lipinski definition) is 1. The number of carbonyl (C=O) groups is 1. The minimum Gasteiger partial charge on any atom is -0.362 e. The second-order valence-corrected chi connectivity index (χ2v) is 3.96. The Morgan fingerprint density at radius 2 is 2.00 bits per heavy atom. The van der Waals surface area contributed by atoms with E-state index in [1.165, 1.54) is 0 Å². The van der Waals surface area contributed by atoms with E-state index in [0.717, 1.165) is 28.8 Å². The number of aromatic amines is 1. The lowest BCUT2D eigenvalue weighted by Gasteiger charge is -1.92. The van der Waals surface area contributed by atoms with Gasteiger partial charge in [-0.25, -0.2) is 0 Å². The van der Waals surface area contributed by atoms with Crippen LogP contribution >= 0.6 is 0 Å². The van der Waals surface area contributed by atoms with E-state index in [-0.39, 0.29) is 5.78 Å². The zero-order chi connectivity index (χ0) is 11.0. The number of nitrogens with one attached hydrogen (secondary N) is 1. The van der Waals surface area contributed by atoms with E-state index in [1.54, 1.807) is 0 Å². The largest absolute Gasteiger partial charge is 0.362 e. The molecule has 0 fully saturated rings. The Kier molecular flexibility index (Phi) is 2.00. The SMILES string of the molecule is O=C1/C(=C/c2ccc[nH]2)Cc2ccccc21. The summed E-state index contributed by atoms with van der Waals surface area (Å²) in [6.07, 6.45) is 4.54. The molecule has 2 heteroatoms. The van der Waals surface area contributed by atoms with Crippen LogP contribution < -0.4 is 0 Å². The van der Waals surface area contributed by atoms with Crippen molar-refractivity contribution in [2.45, 2.75) is 6.42 Å². The fourth-order valence-corrected chi connectivity index (χ4v) is 2.09. The number of Topliss-reactive ketones (excluding diaryl/α,β-unsaturated/α-hetero) is 1. The molecule has 0 unspecified atom stereocenters. The highest BCUT2D eigenvalue weighted by atomic mass is 16.1. The molecule has 0 amide bonds. The number of hydrogen-bond donors (Lipinski definition) is 1. The number of fused-ring (bicyclic) bond motifs is 1. The van der Waals surface area contributed by atoms with Crippen LogP contribution in [0.4, 0.5) is 0 Å². The second-order valence-electron chi connectivity index (χ2n) is 3.96. The molecule has 16 heavy (non-hydrogen) atoms. The fraction of sp³-hybridized carbons (Fsp3) is 0.0714. The van der Waals surface area contributed by atoms with Gasteiger partial charge < -0.3 is 4.98 Å². The van der Waals surface area contributed by atoms with Gasteiger partial charge in [0.05, 0.1) is 0 Å². The summed E-state index contributed by atoms with van der Waals surface area (Å²) < 4.78 is 0. The summed E-state index contributed by atoms with van der Waals surface area (Å²) in [5.41, 5.74) is 3.82. The van der Waals surface area contributed by atoms with E-state index in [2.05, 4.69) is 4.98 Å². The van der Waals surface area contributed by atoms with Crippen LogP contribution in [0.1, 0.15) is 21.6 Å². The van der Waals surface area contributed by atoms with Crippen LogP contribution in [0.2, 0.25) is 0 Å². The predicted molar refractivity (Wildman–Crippen MR) is 63.2 cm³/mol. The van der Waals surface area contributed by atoms with Crippen LogP contribution in [0.15, 0.2) is 48.2 Å². The minimum absolute atomic E-state index is 0.158. The average Bonchev–Trinajstić information content (AvgIpc) is 2.90. The van der Waals surface area contributed by atoms with E-state index in [0.29, 0.717) is 0 Å². The first-order valence-corrected chi connectivity index (χ1v) is 5.31. The lowest BCUT2D eigenvalue weighted by Crippen LogP contribution is -1.94. The van der Waals surface area contributed by atoms with E-state index in [1.807, 2.05) is 48.7 Å². The van der Waals surface area contributed by atoms with Crippen molar-refractivity contribution in [3.05, 3.63) is 65.0 Å². The van der Waals surface area contributed by atoms with Crippen LogP contribution in [0.25, 0.3) is 6.08 Å². The van der Waals surface area contributed by atoms with Gasteiger partial charge in [0.2, 0.25) is 0 Å². The maximum Gasteiger partial charge on any atom is 0.189 e. The summed E-state index contributed by atoms with van der Waals surface area (Å²) in [6, 6.07) is 11.7. The van der Waals surface area contributed by atoms with Crippen LogP contribution in [0, 0.1) is 0 Å². The van der Waals surface area contributed by atoms with Gasteiger partial charge in [-0.3, -0.25) is 4.79 Å². The number of ketones is 1. The smallest absolute Gasteiger partial charge is 0.189 e. The lowest BCUT2D eigenvalue weighted by atomic mass is 10.1. The van der Waals surface area contributed by atoms with Crippen molar-refractivity contribution in [1.82, 2.24) is 4.98 Å². The molecule has 0 aliphatic heterocycles. The monoisotopic (exact) mass is 209 g/mol. The third kappa shape index (κ3) is 1.39. The Morgan fingerprint density at radius 3 is 2.75 bits per heavy atom. The molecule has 0 spiro atoms. The summed E-state index contributed by atoms with van der Waals surface area (Å²) >= 11 is 0. The number of benzene rings is 1. The third-order valence-electron chi connectivity index (χ3n) is 2.89. The zero-order valence-corrected chi connectivity index (χ0v) is 8.73. The van der Waals surface area contributed by atoms with Crippen molar-refractivity contribution >= 4 is 11.9 Å². The van der Waals surface area contributed by atoms with Gasteiger partial charge >= 0.3 is 0 Å². The van der Waals surface area contributed by atoms with Crippen molar-refractivity contribution < 1.29 is 4.79 Å². The molecule has 1 aromatic carbocycles. The number of aromatic nitrogens is 1. The molecule has 1 aliphatic carbocycles. The molecule has 0 radical (unpaired) electrons. The molecule has 2 aromatic rings. The molecule has 0 atom stereocenters. The summed E-state index contributed by atoms with van der Waals surface area (Å²) in [6.45, 7) is 0. The first-order chi connectivity index (χ1) is 7.84. The Morgan fingerprint density at radius 1 is 1.12 bits per heavy atom. The molecule has 1 aromatic heterocycles. The van der Waals surface area contributed by atoms with E-state index >= 15 is 0 Å². The quantitative estimate of drug-likeness (QED) is 0.720. The van der Waals surface area contributed by atoms with Gasteiger partial charge in [0, 0.05) is 29.4 Å². The van der Waals surface area contributed by atoms with Crippen molar-refractivity contribution in [3.63, 3.8) is 0 Å². The highest BCUT2D eigenvalue weighted by Gasteiger charge is 2.23. The number of allylic oxidation sites excluding steroid dienone is 1. The van der Waals surface area contributed by atoms with Crippen LogP contribution in [-0.2, 0) is 6.42 Å². The molecule has 1 N–H and O–H groups in total. The van der Waals surface area contributed by atoms with Crippen LogP contribution in [0.3, 0.4) is 0 Å².